The van der Waals surface area contributed by atoms with Gasteiger partial charge in [-0.05, 0) is 41.0 Å². The van der Waals surface area contributed by atoms with Crippen molar-refractivity contribution in [1.82, 2.24) is 5.32 Å². The Bertz CT molecular complexity index is 401. The number of ether oxygens (including phenoxy) is 2. The van der Waals surface area contributed by atoms with Crippen LogP contribution in [0.15, 0.2) is 0 Å². The average Bonchev–Trinajstić information content (AvgIpc) is 2.32. The Labute approximate surface area is 127 Å². The molecule has 0 amide bonds. The maximum absolute atomic E-state index is 12.4. The third-order valence-electron chi connectivity index (χ3n) is 4.22. The first-order valence-corrected chi connectivity index (χ1v) is 7.54. The minimum Gasteiger partial charge on any atom is -0.468 e. The number of piperidine rings is 1. The lowest BCUT2D eigenvalue weighted by Crippen LogP contribution is -2.60. The first kappa shape index (κ1) is 18.0. The Balaban J connectivity index is 2.84. The Morgan fingerprint density at radius 2 is 1.62 bits per heavy atom. The lowest BCUT2D eigenvalue weighted by molar-refractivity contribution is -0.175. The van der Waals surface area contributed by atoms with Crippen LogP contribution in [0.4, 0.5) is 0 Å². The molecule has 1 rings (SSSR count). The summed E-state index contributed by atoms with van der Waals surface area (Å²) in [6.07, 6.45) is 1.61. The maximum atomic E-state index is 12.4. The van der Waals surface area contributed by atoms with Crippen LogP contribution >= 0.6 is 0 Å². The molecular formula is C16H29NO4. The molecule has 1 unspecified atom stereocenters. The lowest BCUT2D eigenvalue weighted by atomic mass is 9.80. The first-order chi connectivity index (χ1) is 9.46. The van der Waals surface area contributed by atoms with Crippen LogP contribution in [-0.4, -0.2) is 36.2 Å². The summed E-state index contributed by atoms with van der Waals surface area (Å²) in [7, 11) is 1.29. The van der Waals surface area contributed by atoms with E-state index in [9.17, 15) is 9.59 Å². The van der Waals surface area contributed by atoms with Gasteiger partial charge >= 0.3 is 11.9 Å². The number of rotatable bonds is 4. The molecule has 1 N–H and O–H groups in total. The number of hydrogen-bond acceptors (Lipinski definition) is 5. The van der Waals surface area contributed by atoms with Crippen LogP contribution in [0.5, 0.6) is 0 Å². The van der Waals surface area contributed by atoms with E-state index in [0.717, 1.165) is 12.8 Å². The highest BCUT2D eigenvalue weighted by molar-refractivity contribution is 5.99. The van der Waals surface area contributed by atoms with Crippen LogP contribution in [0.2, 0.25) is 0 Å². The van der Waals surface area contributed by atoms with Gasteiger partial charge in [-0.3, -0.25) is 9.59 Å². The highest BCUT2D eigenvalue weighted by Gasteiger charge is 2.46. The van der Waals surface area contributed by atoms with Crippen molar-refractivity contribution in [2.75, 3.05) is 7.11 Å². The summed E-state index contributed by atoms with van der Waals surface area (Å²) < 4.78 is 10.4. The normalized spacial score (nSPS) is 24.0. The molecule has 0 aromatic carbocycles. The molecule has 0 spiro atoms. The number of methoxy groups -OCH3 is 1. The molecule has 5 nitrogen and oxygen atoms in total. The Kier molecular flexibility index (Phi) is 5.09. The van der Waals surface area contributed by atoms with Gasteiger partial charge in [0, 0.05) is 23.9 Å². The summed E-state index contributed by atoms with van der Waals surface area (Å²) in [5, 5.41) is 3.54. The molecule has 1 fully saturated rings. The fourth-order valence-electron chi connectivity index (χ4n) is 3.19. The highest BCUT2D eigenvalue weighted by atomic mass is 16.6. The quantitative estimate of drug-likeness (QED) is 0.638. The molecule has 0 aromatic heterocycles. The smallest absolute Gasteiger partial charge is 0.323 e. The van der Waals surface area contributed by atoms with E-state index in [0.29, 0.717) is 6.42 Å². The number of hydrogen-bond donors (Lipinski definition) is 1. The molecule has 21 heavy (non-hydrogen) atoms. The topological polar surface area (TPSA) is 64.6 Å². The van der Waals surface area contributed by atoms with Gasteiger partial charge in [-0.25, -0.2) is 0 Å². The van der Waals surface area contributed by atoms with E-state index < -0.39 is 17.4 Å². The molecule has 1 saturated heterocycles. The van der Waals surface area contributed by atoms with Gasteiger partial charge < -0.3 is 14.8 Å². The molecule has 0 saturated carbocycles. The van der Waals surface area contributed by atoms with E-state index in [4.69, 9.17) is 9.47 Å². The minimum atomic E-state index is -1.23. The number of carbonyl (C=O) groups is 2. The van der Waals surface area contributed by atoms with Crippen molar-refractivity contribution in [3.8, 4) is 0 Å². The van der Waals surface area contributed by atoms with Crippen molar-refractivity contribution >= 4 is 11.9 Å². The van der Waals surface area contributed by atoms with Crippen LogP contribution < -0.4 is 5.32 Å². The molecule has 0 aliphatic carbocycles. The molecule has 1 aliphatic rings. The van der Waals surface area contributed by atoms with E-state index in [-0.39, 0.29) is 17.2 Å². The Hall–Kier alpha value is -1.10. The lowest BCUT2D eigenvalue weighted by Gasteiger charge is -2.46. The molecule has 0 radical (unpaired) electrons. The van der Waals surface area contributed by atoms with Crippen molar-refractivity contribution in [1.29, 1.82) is 0 Å². The van der Waals surface area contributed by atoms with Gasteiger partial charge in [0.2, 0.25) is 0 Å². The van der Waals surface area contributed by atoms with Crippen LogP contribution in [0.1, 0.15) is 60.8 Å². The van der Waals surface area contributed by atoms with E-state index in [1.54, 1.807) is 13.8 Å². The molecule has 5 heteroatoms. The summed E-state index contributed by atoms with van der Waals surface area (Å²) in [5.74, 6) is -1.03. The molecule has 0 bridgehead atoms. The summed E-state index contributed by atoms with van der Waals surface area (Å²) >= 11 is 0. The predicted octanol–water partition coefficient (Wildman–Crippen LogP) is 2.43. The first-order valence-electron chi connectivity index (χ1n) is 7.54. The van der Waals surface area contributed by atoms with Gasteiger partial charge in [0.25, 0.3) is 0 Å². The van der Waals surface area contributed by atoms with Gasteiger partial charge in [0.15, 0.2) is 5.41 Å². The molecule has 122 valence electrons. The Morgan fingerprint density at radius 1 is 1.14 bits per heavy atom. The van der Waals surface area contributed by atoms with E-state index in [2.05, 4.69) is 33.0 Å². The third-order valence-corrected chi connectivity index (χ3v) is 4.22. The fourth-order valence-corrected chi connectivity index (χ4v) is 3.19. The van der Waals surface area contributed by atoms with Crippen LogP contribution in [-0.2, 0) is 19.1 Å². The maximum Gasteiger partial charge on any atom is 0.323 e. The van der Waals surface area contributed by atoms with Crippen LogP contribution in [0.25, 0.3) is 0 Å². The van der Waals surface area contributed by atoms with Crippen molar-refractivity contribution in [2.24, 2.45) is 5.41 Å². The zero-order chi connectivity index (χ0) is 16.5. The predicted molar refractivity (Wildman–Crippen MR) is 80.8 cm³/mol. The highest BCUT2D eigenvalue weighted by Crippen LogP contribution is 2.33. The fraction of sp³-hybridized carbons (Fsp3) is 0.875. The van der Waals surface area contributed by atoms with E-state index >= 15 is 0 Å². The molecular weight excluding hydrogens is 270 g/mol. The average molecular weight is 299 g/mol. The summed E-state index contributed by atoms with van der Waals surface area (Å²) in [5.41, 5.74) is -1.45. The second-order valence-electron chi connectivity index (χ2n) is 7.51. The van der Waals surface area contributed by atoms with E-state index in [1.165, 1.54) is 7.11 Å². The van der Waals surface area contributed by atoms with Crippen molar-refractivity contribution < 1.29 is 19.1 Å². The summed E-state index contributed by atoms with van der Waals surface area (Å²) in [4.78, 5) is 24.3. The number of carbonyl (C=O) groups excluding carboxylic acids is 2. The van der Waals surface area contributed by atoms with E-state index in [1.807, 2.05) is 0 Å². The minimum absolute atomic E-state index is 0.111. The number of esters is 2. The van der Waals surface area contributed by atoms with Gasteiger partial charge in [-0.2, -0.15) is 0 Å². The molecule has 1 heterocycles. The SMILES string of the molecule is CCC(C)(C(=O)OC)C(=O)OC1CC(C)(C)NC(C)(C)C1. The summed E-state index contributed by atoms with van der Waals surface area (Å²) in [6.45, 7) is 11.7. The number of nitrogens with one attached hydrogen (secondary N) is 1. The van der Waals surface area contributed by atoms with Gasteiger partial charge in [0.05, 0.1) is 7.11 Å². The third kappa shape index (κ3) is 4.19. The Morgan fingerprint density at radius 3 is 2.00 bits per heavy atom. The molecule has 1 aliphatic heterocycles. The molecule has 1 atom stereocenters. The van der Waals surface area contributed by atoms with Crippen LogP contribution in [0, 0.1) is 5.41 Å². The van der Waals surface area contributed by atoms with Crippen molar-refractivity contribution in [2.45, 2.75) is 78.0 Å². The largest absolute Gasteiger partial charge is 0.468 e. The van der Waals surface area contributed by atoms with Gasteiger partial charge in [0.1, 0.15) is 6.10 Å². The van der Waals surface area contributed by atoms with Crippen molar-refractivity contribution in [3.63, 3.8) is 0 Å². The zero-order valence-corrected chi connectivity index (χ0v) is 14.3. The second-order valence-corrected chi connectivity index (χ2v) is 7.51. The van der Waals surface area contributed by atoms with Gasteiger partial charge in [-0.15, -0.1) is 0 Å². The van der Waals surface area contributed by atoms with Crippen molar-refractivity contribution in [3.05, 3.63) is 0 Å². The monoisotopic (exact) mass is 299 g/mol. The second kappa shape index (κ2) is 5.95. The van der Waals surface area contributed by atoms with Gasteiger partial charge in [-0.1, -0.05) is 6.92 Å². The molecule has 0 aromatic rings. The standard InChI is InChI=1S/C16H29NO4/c1-8-16(6,12(18)20-7)13(19)21-11-9-14(2,3)17-15(4,5)10-11/h11,17H,8-10H2,1-7H3. The summed E-state index contributed by atoms with van der Waals surface area (Å²) in [6, 6.07) is 0. The zero-order valence-electron chi connectivity index (χ0n) is 14.3. The van der Waals surface area contributed by atoms with Crippen LogP contribution in [0.3, 0.4) is 0 Å².